The highest BCUT2D eigenvalue weighted by molar-refractivity contribution is 6.46. The van der Waals surface area contributed by atoms with Crippen LogP contribution in [-0.4, -0.2) is 50.9 Å². The molecule has 0 saturated carbocycles. The lowest BCUT2D eigenvalue weighted by atomic mass is 9.95. The van der Waals surface area contributed by atoms with Gasteiger partial charge in [-0.15, -0.1) is 0 Å². The zero-order valence-corrected chi connectivity index (χ0v) is 15.9. The maximum Gasteiger partial charge on any atom is 0.295 e. The molecule has 1 aromatic heterocycles. The van der Waals surface area contributed by atoms with Crippen LogP contribution in [0.4, 0.5) is 5.69 Å². The fourth-order valence-electron chi connectivity index (χ4n) is 3.86. The van der Waals surface area contributed by atoms with E-state index in [1.54, 1.807) is 24.5 Å². The van der Waals surface area contributed by atoms with Gasteiger partial charge in [0.25, 0.3) is 17.4 Å². The third-order valence-electron chi connectivity index (χ3n) is 5.34. The Kier molecular flexibility index (Phi) is 5.28. The standard InChI is InChI=1S/C21H19N3O6/c25-19(14-3-5-15(6-4-14)24(28)29)17-18(13-7-9-22-10-8-13)23(21(27)20(17)26)12-16-2-1-11-30-16/h3-10,16,18,25H,1-2,11-12H2/b19-17-. The number of hydrogen-bond acceptors (Lipinski definition) is 7. The van der Waals surface area contributed by atoms with Crippen LogP contribution in [0, 0.1) is 10.1 Å². The second kappa shape index (κ2) is 8.03. The number of aliphatic hydroxyl groups excluding tert-OH is 1. The molecule has 2 atom stereocenters. The van der Waals surface area contributed by atoms with Crippen LogP contribution >= 0.6 is 0 Å². The summed E-state index contributed by atoms with van der Waals surface area (Å²) in [4.78, 5) is 41.5. The molecule has 1 N–H and O–H groups in total. The molecule has 0 radical (unpaired) electrons. The molecular weight excluding hydrogens is 390 g/mol. The first-order chi connectivity index (χ1) is 14.5. The number of aliphatic hydroxyl groups is 1. The van der Waals surface area contributed by atoms with Crippen LogP contribution in [0.1, 0.15) is 30.0 Å². The van der Waals surface area contributed by atoms with Crippen molar-refractivity contribution in [1.29, 1.82) is 0 Å². The van der Waals surface area contributed by atoms with Crippen LogP contribution in [0.5, 0.6) is 0 Å². The van der Waals surface area contributed by atoms with Crippen molar-refractivity contribution in [3.05, 3.63) is 75.6 Å². The molecule has 2 aliphatic rings. The van der Waals surface area contributed by atoms with Gasteiger partial charge >= 0.3 is 0 Å². The molecule has 2 unspecified atom stereocenters. The number of Topliss-reactive ketones (excluding diaryl/α,β-unsaturated/α-hetero) is 1. The van der Waals surface area contributed by atoms with Crippen molar-refractivity contribution in [2.45, 2.75) is 25.0 Å². The largest absolute Gasteiger partial charge is 0.507 e. The number of rotatable bonds is 5. The number of carbonyl (C=O) groups is 2. The molecule has 1 amide bonds. The van der Waals surface area contributed by atoms with Crippen LogP contribution in [0.3, 0.4) is 0 Å². The number of likely N-dealkylation sites (tertiary alicyclic amines) is 1. The summed E-state index contributed by atoms with van der Waals surface area (Å²) in [5.41, 5.74) is 0.648. The molecule has 1 aromatic carbocycles. The normalized spacial score (nSPS) is 23.1. The highest BCUT2D eigenvalue weighted by Crippen LogP contribution is 2.40. The third kappa shape index (κ3) is 3.55. The van der Waals surface area contributed by atoms with Gasteiger partial charge in [0.2, 0.25) is 0 Å². The highest BCUT2D eigenvalue weighted by Gasteiger charge is 2.47. The van der Waals surface area contributed by atoms with Gasteiger partial charge in [0.15, 0.2) is 0 Å². The summed E-state index contributed by atoms with van der Waals surface area (Å²) in [6.07, 6.45) is 4.60. The number of nitro benzene ring substituents is 1. The van der Waals surface area contributed by atoms with E-state index in [0.717, 1.165) is 12.8 Å². The summed E-state index contributed by atoms with van der Waals surface area (Å²) in [7, 11) is 0. The number of carbonyl (C=O) groups excluding carboxylic acids is 2. The van der Waals surface area contributed by atoms with Crippen molar-refractivity contribution in [1.82, 2.24) is 9.88 Å². The average Bonchev–Trinajstić information content (AvgIpc) is 3.36. The van der Waals surface area contributed by atoms with Gasteiger partial charge in [0, 0.05) is 43.2 Å². The Hall–Kier alpha value is -3.59. The van der Waals surface area contributed by atoms with E-state index in [9.17, 15) is 24.8 Å². The zero-order valence-electron chi connectivity index (χ0n) is 15.9. The van der Waals surface area contributed by atoms with E-state index in [0.29, 0.717) is 12.2 Å². The van der Waals surface area contributed by atoms with Crippen molar-refractivity contribution < 1.29 is 24.4 Å². The molecule has 9 heteroatoms. The molecule has 154 valence electrons. The molecule has 2 aromatic rings. The second-order valence-electron chi connectivity index (χ2n) is 7.17. The molecule has 30 heavy (non-hydrogen) atoms. The number of hydrogen-bond donors (Lipinski definition) is 1. The lowest BCUT2D eigenvalue weighted by Gasteiger charge is -2.27. The van der Waals surface area contributed by atoms with Gasteiger partial charge in [-0.1, -0.05) is 0 Å². The van der Waals surface area contributed by atoms with Crippen LogP contribution in [-0.2, 0) is 14.3 Å². The van der Waals surface area contributed by atoms with Crippen molar-refractivity contribution >= 4 is 23.1 Å². The molecule has 2 fully saturated rings. The van der Waals surface area contributed by atoms with E-state index >= 15 is 0 Å². The van der Waals surface area contributed by atoms with Crippen molar-refractivity contribution in [2.75, 3.05) is 13.2 Å². The van der Waals surface area contributed by atoms with E-state index in [4.69, 9.17) is 4.74 Å². The van der Waals surface area contributed by atoms with E-state index in [2.05, 4.69) is 4.98 Å². The molecule has 3 heterocycles. The van der Waals surface area contributed by atoms with Crippen molar-refractivity contribution in [3.8, 4) is 0 Å². The summed E-state index contributed by atoms with van der Waals surface area (Å²) in [6.45, 7) is 0.839. The van der Waals surface area contributed by atoms with Crippen LogP contribution in [0.2, 0.25) is 0 Å². The molecule has 4 rings (SSSR count). The lowest BCUT2D eigenvalue weighted by molar-refractivity contribution is -0.384. The van der Waals surface area contributed by atoms with Crippen LogP contribution < -0.4 is 0 Å². The van der Waals surface area contributed by atoms with E-state index in [-0.39, 0.29) is 35.2 Å². The van der Waals surface area contributed by atoms with Gasteiger partial charge in [-0.3, -0.25) is 24.7 Å². The Morgan fingerprint density at radius 1 is 1.20 bits per heavy atom. The lowest BCUT2D eigenvalue weighted by Crippen LogP contribution is -2.36. The monoisotopic (exact) mass is 409 g/mol. The summed E-state index contributed by atoms with van der Waals surface area (Å²) < 4.78 is 5.64. The molecule has 9 nitrogen and oxygen atoms in total. The third-order valence-corrected chi connectivity index (χ3v) is 5.34. The first kappa shape index (κ1) is 19.7. The Labute approximate surface area is 171 Å². The second-order valence-corrected chi connectivity index (χ2v) is 7.17. The number of aromatic nitrogens is 1. The van der Waals surface area contributed by atoms with Gasteiger partial charge in [-0.25, -0.2) is 0 Å². The van der Waals surface area contributed by atoms with Gasteiger partial charge < -0.3 is 14.7 Å². The molecule has 0 bridgehead atoms. The minimum absolute atomic E-state index is 0.0574. The Bertz CT molecular complexity index is 1010. The molecular formula is C21H19N3O6. The minimum Gasteiger partial charge on any atom is -0.507 e. The number of amides is 1. The van der Waals surface area contributed by atoms with E-state index in [1.807, 2.05) is 0 Å². The number of nitro groups is 1. The summed E-state index contributed by atoms with van der Waals surface area (Å²) in [5, 5.41) is 21.8. The number of benzene rings is 1. The Morgan fingerprint density at radius 3 is 2.50 bits per heavy atom. The topological polar surface area (TPSA) is 123 Å². The summed E-state index contributed by atoms with van der Waals surface area (Å²) >= 11 is 0. The number of non-ortho nitro benzene ring substituents is 1. The fraction of sp³-hybridized carbons (Fsp3) is 0.286. The first-order valence-corrected chi connectivity index (χ1v) is 9.52. The van der Waals surface area contributed by atoms with E-state index < -0.39 is 22.7 Å². The Morgan fingerprint density at radius 2 is 1.90 bits per heavy atom. The quantitative estimate of drug-likeness (QED) is 0.265. The maximum absolute atomic E-state index is 12.9. The highest BCUT2D eigenvalue weighted by atomic mass is 16.6. The molecule has 0 spiro atoms. The molecule has 2 aliphatic heterocycles. The number of nitrogens with zero attached hydrogens (tertiary/aromatic N) is 3. The molecule has 0 aliphatic carbocycles. The first-order valence-electron chi connectivity index (χ1n) is 9.52. The zero-order chi connectivity index (χ0) is 21.3. The van der Waals surface area contributed by atoms with Gasteiger partial charge in [-0.2, -0.15) is 0 Å². The minimum atomic E-state index is -0.800. The molecule has 2 saturated heterocycles. The summed E-state index contributed by atoms with van der Waals surface area (Å²) in [6, 6.07) is 7.74. The summed E-state index contributed by atoms with van der Waals surface area (Å²) in [5.74, 6) is -1.89. The predicted molar refractivity (Wildman–Crippen MR) is 105 cm³/mol. The Balaban J connectivity index is 1.79. The van der Waals surface area contributed by atoms with Crippen molar-refractivity contribution in [2.24, 2.45) is 0 Å². The van der Waals surface area contributed by atoms with Gasteiger partial charge in [0.1, 0.15) is 5.76 Å². The number of ether oxygens (including phenoxy) is 1. The SMILES string of the molecule is O=C1C(=O)N(CC2CCCO2)C(c2ccncc2)/C1=C(/O)c1ccc([N+](=O)[O-])cc1. The van der Waals surface area contributed by atoms with Crippen LogP contribution in [0.15, 0.2) is 54.4 Å². The smallest absolute Gasteiger partial charge is 0.295 e. The number of pyridine rings is 1. The maximum atomic E-state index is 12.9. The fourth-order valence-corrected chi connectivity index (χ4v) is 3.86. The van der Waals surface area contributed by atoms with Crippen LogP contribution in [0.25, 0.3) is 5.76 Å². The number of ketones is 1. The van der Waals surface area contributed by atoms with Gasteiger partial charge in [0.05, 0.1) is 22.6 Å². The predicted octanol–water partition coefficient (Wildman–Crippen LogP) is 2.59. The van der Waals surface area contributed by atoms with E-state index in [1.165, 1.54) is 29.2 Å². The van der Waals surface area contributed by atoms with Gasteiger partial charge in [-0.05, 0) is 42.7 Å². The average molecular weight is 409 g/mol. The van der Waals surface area contributed by atoms with Crippen molar-refractivity contribution in [3.63, 3.8) is 0 Å².